The van der Waals surface area contributed by atoms with Gasteiger partial charge in [-0.3, -0.25) is 4.79 Å². The molecule has 2 rings (SSSR count). The zero-order valence-electron chi connectivity index (χ0n) is 8.17. The minimum absolute atomic E-state index is 0.107. The fourth-order valence-corrected chi connectivity index (χ4v) is 1.77. The van der Waals surface area contributed by atoms with Gasteiger partial charge in [-0.2, -0.15) is 5.10 Å². The molecule has 0 atom stereocenters. The summed E-state index contributed by atoms with van der Waals surface area (Å²) < 4.78 is 1.39. The van der Waals surface area contributed by atoms with Gasteiger partial charge in [0.2, 0.25) is 0 Å². The third-order valence-electron chi connectivity index (χ3n) is 1.95. The summed E-state index contributed by atoms with van der Waals surface area (Å²) in [4.78, 5) is 15.4. The maximum atomic E-state index is 11.3. The number of thiazole rings is 1. The third kappa shape index (κ3) is 1.89. The molecule has 0 aliphatic heterocycles. The van der Waals surface area contributed by atoms with Gasteiger partial charge in [-0.1, -0.05) is 0 Å². The maximum Gasteiger partial charge on any atom is 0.266 e. The molecule has 2 aromatic heterocycles. The van der Waals surface area contributed by atoms with Gasteiger partial charge in [-0.15, -0.1) is 11.3 Å². The Balaban J connectivity index is 2.50. The van der Waals surface area contributed by atoms with Crippen molar-refractivity contribution in [3.8, 4) is 11.4 Å². The highest BCUT2D eigenvalue weighted by Crippen LogP contribution is 2.19. The topological polar surface area (TPSA) is 73.8 Å². The Morgan fingerprint density at radius 1 is 1.47 bits per heavy atom. The van der Waals surface area contributed by atoms with Gasteiger partial charge in [-0.25, -0.2) is 9.67 Å². The Bertz CT molecular complexity index is 531. The standard InChI is InChI=1S/C9H10N4OS/c1-2-13-8(14)4-3-6(12-13)7-5-15-9(10)11-7/h3-5H,2H2,1H3,(H2,10,11). The van der Waals surface area contributed by atoms with Gasteiger partial charge in [0, 0.05) is 18.0 Å². The Hall–Kier alpha value is -1.69. The van der Waals surface area contributed by atoms with Crippen molar-refractivity contribution in [3.63, 3.8) is 0 Å². The second kappa shape index (κ2) is 3.82. The van der Waals surface area contributed by atoms with Crippen LogP contribution in [0.3, 0.4) is 0 Å². The van der Waals surface area contributed by atoms with Crippen LogP contribution in [0, 0.1) is 0 Å². The van der Waals surface area contributed by atoms with Gasteiger partial charge < -0.3 is 5.73 Å². The van der Waals surface area contributed by atoms with Gasteiger partial charge in [0.1, 0.15) is 11.4 Å². The first-order valence-electron chi connectivity index (χ1n) is 4.50. The van der Waals surface area contributed by atoms with Crippen molar-refractivity contribution in [1.82, 2.24) is 14.8 Å². The first kappa shape index (κ1) is 9.85. The molecule has 0 unspecified atom stereocenters. The molecule has 0 bridgehead atoms. The van der Waals surface area contributed by atoms with E-state index in [1.165, 1.54) is 22.1 Å². The lowest BCUT2D eigenvalue weighted by Crippen LogP contribution is -2.21. The Labute approximate surface area is 90.2 Å². The van der Waals surface area contributed by atoms with Gasteiger partial charge in [0.15, 0.2) is 5.13 Å². The Kier molecular flexibility index (Phi) is 2.51. The second-order valence-corrected chi connectivity index (χ2v) is 3.83. The average Bonchev–Trinajstić information content (AvgIpc) is 2.66. The van der Waals surface area contributed by atoms with E-state index in [0.29, 0.717) is 23.1 Å². The van der Waals surface area contributed by atoms with E-state index in [-0.39, 0.29) is 5.56 Å². The molecule has 6 heteroatoms. The summed E-state index contributed by atoms with van der Waals surface area (Å²) in [7, 11) is 0. The van der Waals surface area contributed by atoms with Crippen molar-refractivity contribution in [2.75, 3.05) is 5.73 Å². The molecule has 15 heavy (non-hydrogen) atoms. The fraction of sp³-hybridized carbons (Fsp3) is 0.222. The predicted molar refractivity (Wildman–Crippen MR) is 59.7 cm³/mol. The molecule has 0 spiro atoms. The van der Waals surface area contributed by atoms with Crippen molar-refractivity contribution in [3.05, 3.63) is 27.9 Å². The molecule has 0 radical (unpaired) electrons. The van der Waals surface area contributed by atoms with E-state index in [1.807, 2.05) is 12.3 Å². The molecule has 0 aliphatic rings. The normalized spacial score (nSPS) is 10.5. The number of aromatic nitrogens is 3. The number of nitrogens with zero attached hydrogens (tertiary/aromatic N) is 3. The lowest BCUT2D eigenvalue weighted by Gasteiger charge is -2.01. The lowest BCUT2D eigenvalue weighted by atomic mass is 10.3. The van der Waals surface area contributed by atoms with Gasteiger partial charge in [0.25, 0.3) is 5.56 Å². The molecular formula is C9H10N4OS. The molecule has 0 aromatic carbocycles. The highest BCUT2D eigenvalue weighted by molar-refractivity contribution is 7.13. The van der Waals surface area contributed by atoms with Crippen LogP contribution in [0.5, 0.6) is 0 Å². The SMILES string of the molecule is CCn1nc(-c2csc(N)n2)ccc1=O. The predicted octanol–water partition coefficient (Wildman–Crippen LogP) is 0.969. The monoisotopic (exact) mass is 222 g/mol. The van der Waals surface area contributed by atoms with Crippen LogP contribution in [0.4, 0.5) is 5.13 Å². The molecule has 0 saturated heterocycles. The fourth-order valence-electron chi connectivity index (χ4n) is 1.22. The van der Waals surface area contributed by atoms with Crippen LogP contribution in [0.25, 0.3) is 11.4 Å². The largest absolute Gasteiger partial charge is 0.375 e. The third-order valence-corrected chi connectivity index (χ3v) is 2.62. The Morgan fingerprint density at radius 2 is 2.27 bits per heavy atom. The van der Waals surface area contributed by atoms with Crippen LogP contribution in [0.15, 0.2) is 22.3 Å². The van der Waals surface area contributed by atoms with Crippen molar-refractivity contribution in [2.24, 2.45) is 0 Å². The molecule has 2 heterocycles. The zero-order chi connectivity index (χ0) is 10.8. The highest BCUT2D eigenvalue weighted by Gasteiger charge is 2.05. The summed E-state index contributed by atoms with van der Waals surface area (Å²) in [6.07, 6.45) is 0. The smallest absolute Gasteiger partial charge is 0.266 e. The molecule has 2 aromatic rings. The molecule has 0 fully saturated rings. The van der Waals surface area contributed by atoms with Crippen LogP contribution < -0.4 is 11.3 Å². The van der Waals surface area contributed by atoms with Crippen LogP contribution in [-0.2, 0) is 6.54 Å². The van der Waals surface area contributed by atoms with E-state index in [0.717, 1.165) is 0 Å². The molecule has 5 nitrogen and oxygen atoms in total. The number of anilines is 1. The zero-order valence-corrected chi connectivity index (χ0v) is 8.99. The van der Waals surface area contributed by atoms with Gasteiger partial charge >= 0.3 is 0 Å². The maximum absolute atomic E-state index is 11.3. The van der Waals surface area contributed by atoms with Crippen molar-refractivity contribution in [2.45, 2.75) is 13.5 Å². The quantitative estimate of drug-likeness (QED) is 0.821. The highest BCUT2D eigenvalue weighted by atomic mass is 32.1. The summed E-state index contributed by atoms with van der Waals surface area (Å²) in [6.45, 7) is 2.42. The van der Waals surface area contributed by atoms with E-state index in [2.05, 4.69) is 10.1 Å². The second-order valence-electron chi connectivity index (χ2n) is 2.94. The van der Waals surface area contributed by atoms with E-state index in [4.69, 9.17) is 5.73 Å². The minimum atomic E-state index is -0.107. The summed E-state index contributed by atoms with van der Waals surface area (Å²) in [5.41, 5.74) is 6.80. The van der Waals surface area contributed by atoms with Gasteiger partial charge in [0.05, 0.1) is 0 Å². The van der Waals surface area contributed by atoms with Crippen LogP contribution >= 0.6 is 11.3 Å². The van der Waals surface area contributed by atoms with E-state index in [1.54, 1.807) is 6.07 Å². The van der Waals surface area contributed by atoms with Crippen LogP contribution in [0.1, 0.15) is 6.92 Å². The van der Waals surface area contributed by atoms with E-state index >= 15 is 0 Å². The summed E-state index contributed by atoms with van der Waals surface area (Å²) >= 11 is 1.36. The van der Waals surface area contributed by atoms with Crippen LogP contribution in [-0.4, -0.2) is 14.8 Å². The number of hydrogen-bond acceptors (Lipinski definition) is 5. The van der Waals surface area contributed by atoms with Crippen molar-refractivity contribution in [1.29, 1.82) is 0 Å². The summed E-state index contributed by atoms with van der Waals surface area (Å²) in [5.74, 6) is 0. The molecule has 0 amide bonds. The van der Waals surface area contributed by atoms with Gasteiger partial charge in [-0.05, 0) is 13.0 Å². The average molecular weight is 222 g/mol. The number of rotatable bonds is 2. The summed E-state index contributed by atoms with van der Waals surface area (Å²) in [6, 6.07) is 3.14. The van der Waals surface area contributed by atoms with Crippen molar-refractivity contribution >= 4 is 16.5 Å². The molecule has 0 saturated carbocycles. The number of nitrogen functional groups attached to an aromatic ring is 1. The van der Waals surface area contributed by atoms with E-state index < -0.39 is 0 Å². The molecular weight excluding hydrogens is 212 g/mol. The first-order valence-corrected chi connectivity index (χ1v) is 5.38. The van der Waals surface area contributed by atoms with E-state index in [9.17, 15) is 4.79 Å². The van der Waals surface area contributed by atoms with Crippen LogP contribution in [0.2, 0.25) is 0 Å². The molecule has 0 aliphatic carbocycles. The molecule has 2 N–H and O–H groups in total. The lowest BCUT2D eigenvalue weighted by molar-refractivity contribution is 0.618. The minimum Gasteiger partial charge on any atom is -0.375 e. The number of nitrogens with two attached hydrogens (primary N) is 1. The number of hydrogen-bond donors (Lipinski definition) is 1. The first-order chi connectivity index (χ1) is 7.20. The van der Waals surface area contributed by atoms with Crippen molar-refractivity contribution < 1.29 is 0 Å². The molecule has 78 valence electrons. The Morgan fingerprint density at radius 3 is 2.87 bits per heavy atom. The summed E-state index contributed by atoms with van der Waals surface area (Å²) in [5, 5.41) is 6.49. The number of aryl methyl sites for hydroxylation is 1.